The Balaban J connectivity index is 1.88. The van der Waals surface area contributed by atoms with E-state index in [1.54, 1.807) is 0 Å². The summed E-state index contributed by atoms with van der Waals surface area (Å²) in [5, 5.41) is 14.7. The van der Waals surface area contributed by atoms with Gasteiger partial charge in [-0.1, -0.05) is 19.1 Å². The van der Waals surface area contributed by atoms with Gasteiger partial charge in [0.25, 0.3) is 0 Å². The number of amides is 2. The number of benzene rings is 1. The van der Waals surface area contributed by atoms with Gasteiger partial charge >= 0.3 is 6.03 Å². The zero-order valence-corrected chi connectivity index (χ0v) is 13.4. The maximum Gasteiger partial charge on any atom is 0.315 e. The quantitative estimate of drug-likeness (QED) is 0.690. The third-order valence-electron chi connectivity index (χ3n) is 3.88. The number of aliphatic hydroxyl groups is 1. The zero-order valence-electron chi connectivity index (χ0n) is 13.4. The second kappa shape index (κ2) is 8.03. The molecule has 0 aliphatic heterocycles. The number of hydrogen-bond acceptors (Lipinski definition) is 3. The maximum absolute atomic E-state index is 11.8. The van der Waals surface area contributed by atoms with Gasteiger partial charge < -0.3 is 20.5 Å². The maximum atomic E-state index is 11.8. The van der Waals surface area contributed by atoms with Crippen LogP contribution in [0.5, 0.6) is 5.75 Å². The van der Waals surface area contributed by atoms with Crippen molar-refractivity contribution in [2.75, 3.05) is 13.2 Å². The number of rotatable bonds is 8. The van der Waals surface area contributed by atoms with Crippen molar-refractivity contribution in [2.24, 2.45) is 5.92 Å². The molecule has 0 spiro atoms. The van der Waals surface area contributed by atoms with Crippen molar-refractivity contribution in [3.63, 3.8) is 0 Å². The summed E-state index contributed by atoms with van der Waals surface area (Å²) in [5.74, 6) is 1.54. The molecule has 1 aromatic rings. The minimum absolute atomic E-state index is 0.0514. The van der Waals surface area contributed by atoms with Gasteiger partial charge in [-0.05, 0) is 43.7 Å². The van der Waals surface area contributed by atoms with Crippen LogP contribution in [-0.4, -0.2) is 30.4 Å². The summed E-state index contributed by atoms with van der Waals surface area (Å²) >= 11 is 0. The molecule has 5 heteroatoms. The Labute approximate surface area is 132 Å². The monoisotopic (exact) mass is 306 g/mol. The molecule has 22 heavy (non-hydrogen) atoms. The standard InChI is InChI=1S/C17H26N2O3/c1-3-15(10-20)19-17(21)18-9-14-7-4-12(2)8-16(14)22-11-13-5-6-13/h4,7-8,13,15,20H,3,5-6,9-11H2,1-2H3,(H2,18,19,21). The topological polar surface area (TPSA) is 70.6 Å². The summed E-state index contributed by atoms with van der Waals surface area (Å²) in [6.45, 7) is 5.06. The van der Waals surface area contributed by atoms with Crippen molar-refractivity contribution in [1.29, 1.82) is 0 Å². The highest BCUT2D eigenvalue weighted by atomic mass is 16.5. The normalized spacial score (nSPS) is 15.2. The summed E-state index contributed by atoms with van der Waals surface area (Å²) < 4.78 is 5.89. The molecular weight excluding hydrogens is 280 g/mol. The molecular formula is C17H26N2O3. The van der Waals surface area contributed by atoms with E-state index in [0.29, 0.717) is 18.9 Å². The second-order valence-corrected chi connectivity index (χ2v) is 5.98. The van der Waals surface area contributed by atoms with Gasteiger partial charge in [0.15, 0.2) is 0 Å². The molecule has 0 radical (unpaired) electrons. The van der Waals surface area contributed by atoms with Crippen LogP contribution in [0.25, 0.3) is 0 Å². The Bertz CT molecular complexity index is 497. The fraction of sp³-hybridized carbons (Fsp3) is 0.588. The average Bonchev–Trinajstić information content (AvgIpc) is 3.33. The van der Waals surface area contributed by atoms with Crippen molar-refractivity contribution in [3.8, 4) is 5.75 Å². The van der Waals surface area contributed by atoms with E-state index in [4.69, 9.17) is 9.84 Å². The smallest absolute Gasteiger partial charge is 0.315 e. The molecule has 0 bridgehead atoms. The predicted octanol–water partition coefficient (Wildman–Crippen LogP) is 2.35. The first-order chi connectivity index (χ1) is 10.6. The summed E-state index contributed by atoms with van der Waals surface area (Å²) in [4.78, 5) is 11.8. The number of carbonyl (C=O) groups is 1. The molecule has 1 saturated carbocycles. The van der Waals surface area contributed by atoms with Crippen LogP contribution in [0.3, 0.4) is 0 Å². The van der Waals surface area contributed by atoms with Crippen molar-refractivity contribution in [3.05, 3.63) is 29.3 Å². The highest BCUT2D eigenvalue weighted by Crippen LogP contribution is 2.30. The van der Waals surface area contributed by atoms with Crippen LogP contribution in [0, 0.1) is 12.8 Å². The van der Waals surface area contributed by atoms with E-state index >= 15 is 0 Å². The highest BCUT2D eigenvalue weighted by Gasteiger charge is 2.22. The van der Waals surface area contributed by atoms with E-state index in [2.05, 4.69) is 10.6 Å². The molecule has 1 atom stereocenters. The van der Waals surface area contributed by atoms with E-state index in [-0.39, 0.29) is 18.7 Å². The molecule has 3 N–H and O–H groups in total. The van der Waals surface area contributed by atoms with Crippen LogP contribution >= 0.6 is 0 Å². The number of aryl methyl sites for hydroxylation is 1. The fourth-order valence-corrected chi connectivity index (χ4v) is 2.12. The van der Waals surface area contributed by atoms with Crippen LogP contribution in [-0.2, 0) is 6.54 Å². The molecule has 1 aliphatic rings. The molecule has 0 heterocycles. The van der Waals surface area contributed by atoms with E-state index in [1.165, 1.54) is 12.8 Å². The molecule has 1 fully saturated rings. The van der Waals surface area contributed by atoms with Crippen molar-refractivity contribution >= 4 is 6.03 Å². The Morgan fingerprint density at radius 1 is 1.45 bits per heavy atom. The second-order valence-electron chi connectivity index (χ2n) is 5.98. The number of urea groups is 1. The third-order valence-corrected chi connectivity index (χ3v) is 3.88. The van der Waals surface area contributed by atoms with Crippen LogP contribution in [0.2, 0.25) is 0 Å². The van der Waals surface area contributed by atoms with E-state index in [0.717, 1.165) is 23.5 Å². The molecule has 1 unspecified atom stereocenters. The zero-order chi connectivity index (χ0) is 15.9. The minimum atomic E-state index is -0.269. The van der Waals surface area contributed by atoms with Gasteiger partial charge in [0.05, 0.1) is 19.3 Å². The minimum Gasteiger partial charge on any atom is -0.493 e. The number of carbonyl (C=O) groups excluding carboxylic acids is 1. The third kappa shape index (κ3) is 5.22. The molecule has 122 valence electrons. The average molecular weight is 306 g/mol. The first-order valence-corrected chi connectivity index (χ1v) is 8.00. The predicted molar refractivity (Wildman–Crippen MR) is 85.9 cm³/mol. The molecule has 2 rings (SSSR count). The molecule has 2 amide bonds. The van der Waals surface area contributed by atoms with E-state index < -0.39 is 0 Å². The lowest BCUT2D eigenvalue weighted by Crippen LogP contribution is -2.43. The van der Waals surface area contributed by atoms with E-state index in [9.17, 15) is 4.79 Å². The van der Waals surface area contributed by atoms with Crippen molar-refractivity contribution in [1.82, 2.24) is 10.6 Å². The Morgan fingerprint density at radius 2 is 2.23 bits per heavy atom. The van der Waals surface area contributed by atoms with Gasteiger partial charge in [0.1, 0.15) is 5.75 Å². The van der Waals surface area contributed by atoms with Gasteiger partial charge in [-0.3, -0.25) is 0 Å². The Kier molecular flexibility index (Phi) is 6.07. The number of nitrogens with one attached hydrogen (secondary N) is 2. The van der Waals surface area contributed by atoms with Crippen LogP contribution in [0.1, 0.15) is 37.3 Å². The number of hydrogen-bond donors (Lipinski definition) is 3. The molecule has 0 saturated heterocycles. The lowest BCUT2D eigenvalue weighted by molar-refractivity contribution is 0.214. The first-order valence-electron chi connectivity index (χ1n) is 8.00. The largest absolute Gasteiger partial charge is 0.493 e. The lowest BCUT2D eigenvalue weighted by atomic mass is 10.1. The van der Waals surface area contributed by atoms with E-state index in [1.807, 2.05) is 32.0 Å². The van der Waals surface area contributed by atoms with Gasteiger partial charge in [-0.15, -0.1) is 0 Å². The number of aliphatic hydroxyl groups excluding tert-OH is 1. The SMILES string of the molecule is CCC(CO)NC(=O)NCc1ccc(C)cc1OCC1CC1. The van der Waals surface area contributed by atoms with Gasteiger partial charge in [0.2, 0.25) is 0 Å². The van der Waals surface area contributed by atoms with Crippen LogP contribution in [0.15, 0.2) is 18.2 Å². The Morgan fingerprint density at radius 3 is 2.86 bits per heavy atom. The van der Waals surface area contributed by atoms with Crippen molar-refractivity contribution in [2.45, 2.75) is 45.7 Å². The fourth-order valence-electron chi connectivity index (χ4n) is 2.12. The summed E-state index contributed by atoms with van der Waals surface area (Å²) in [7, 11) is 0. The summed E-state index contributed by atoms with van der Waals surface area (Å²) in [5.41, 5.74) is 2.11. The van der Waals surface area contributed by atoms with Gasteiger partial charge in [-0.25, -0.2) is 4.79 Å². The summed E-state index contributed by atoms with van der Waals surface area (Å²) in [6, 6.07) is 5.54. The molecule has 0 aromatic heterocycles. The number of ether oxygens (including phenoxy) is 1. The molecule has 1 aromatic carbocycles. The molecule has 5 nitrogen and oxygen atoms in total. The molecule has 1 aliphatic carbocycles. The van der Waals surface area contributed by atoms with Crippen LogP contribution in [0.4, 0.5) is 4.79 Å². The van der Waals surface area contributed by atoms with Gasteiger partial charge in [0, 0.05) is 12.1 Å². The lowest BCUT2D eigenvalue weighted by Gasteiger charge is -2.16. The van der Waals surface area contributed by atoms with Gasteiger partial charge in [-0.2, -0.15) is 0 Å². The van der Waals surface area contributed by atoms with Crippen LogP contribution < -0.4 is 15.4 Å². The Hall–Kier alpha value is -1.75. The first kappa shape index (κ1) is 16.6. The highest BCUT2D eigenvalue weighted by molar-refractivity contribution is 5.74. The van der Waals surface area contributed by atoms with Crippen molar-refractivity contribution < 1.29 is 14.6 Å². The summed E-state index contributed by atoms with van der Waals surface area (Å²) in [6.07, 6.45) is 3.20.